The fourth-order valence-electron chi connectivity index (χ4n) is 2.78. The van der Waals surface area contributed by atoms with Gasteiger partial charge in [0.1, 0.15) is 5.82 Å². The molecule has 2 saturated heterocycles. The number of anilines is 2. The third kappa shape index (κ3) is 3.39. The van der Waals surface area contributed by atoms with E-state index in [1.807, 2.05) is 4.90 Å². The zero-order valence-corrected chi connectivity index (χ0v) is 13.1. The van der Waals surface area contributed by atoms with E-state index in [9.17, 15) is 14.9 Å². The first-order chi connectivity index (χ1) is 11.6. The number of hydrogen-bond acceptors (Lipinski definition) is 8. The highest BCUT2D eigenvalue weighted by Gasteiger charge is 2.32. The van der Waals surface area contributed by atoms with E-state index in [1.165, 1.54) is 12.1 Å². The number of morpholine rings is 2. The quantitative estimate of drug-likeness (QED) is 0.585. The normalized spacial score (nSPS) is 21.6. The Bertz CT molecular complexity index is 634. The number of carbonyl (C=O) groups is 1. The highest BCUT2D eigenvalue weighted by Crippen LogP contribution is 2.24. The SMILES string of the molecule is Nc1nc(N2CCO[C@@H](C(=O)N3CCOCC3)C2)ccc1[N+](=O)[O-]. The van der Waals surface area contributed by atoms with Crippen molar-refractivity contribution >= 4 is 23.2 Å². The molecule has 0 bridgehead atoms. The molecule has 3 rings (SSSR count). The van der Waals surface area contributed by atoms with E-state index in [0.717, 1.165) is 0 Å². The molecule has 2 fully saturated rings. The van der Waals surface area contributed by atoms with E-state index in [0.29, 0.717) is 51.8 Å². The summed E-state index contributed by atoms with van der Waals surface area (Å²) in [5.74, 6) is 0.291. The second-order valence-electron chi connectivity index (χ2n) is 5.57. The standard InChI is InChI=1S/C14H19N5O5/c15-13-10(19(21)22)1-2-12(16-13)18-5-8-24-11(9-18)14(20)17-3-6-23-7-4-17/h1-2,11H,3-9H2,(H2,15,16)/t11-/m1/s1. The molecule has 0 aromatic carbocycles. The minimum Gasteiger partial charge on any atom is -0.378 e. The first-order valence-electron chi connectivity index (χ1n) is 7.70. The van der Waals surface area contributed by atoms with Crippen molar-refractivity contribution < 1.29 is 19.2 Å². The van der Waals surface area contributed by atoms with Crippen molar-refractivity contribution in [2.24, 2.45) is 0 Å². The Balaban J connectivity index is 1.70. The van der Waals surface area contributed by atoms with Gasteiger partial charge >= 0.3 is 5.69 Å². The Hall–Kier alpha value is -2.46. The lowest BCUT2D eigenvalue weighted by Gasteiger charge is -2.36. The highest BCUT2D eigenvalue weighted by molar-refractivity contribution is 5.82. The van der Waals surface area contributed by atoms with E-state index in [-0.39, 0.29) is 17.4 Å². The van der Waals surface area contributed by atoms with Gasteiger partial charge in [0, 0.05) is 25.7 Å². The zero-order chi connectivity index (χ0) is 17.1. The molecule has 0 aliphatic carbocycles. The maximum absolute atomic E-state index is 12.5. The first-order valence-corrected chi connectivity index (χ1v) is 7.70. The lowest BCUT2D eigenvalue weighted by molar-refractivity contribution is -0.384. The summed E-state index contributed by atoms with van der Waals surface area (Å²) in [5, 5.41) is 10.8. The van der Waals surface area contributed by atoms with Crippen LogP contribution in [-0.2, 0) is 14.3 Å². The highest BCUT2D eigenvalue weighted by atomic mass is 16.6. The van der Waals surface area contributed by atoms with Crippen molar-refractivity contribution in [3.63, 3.8) is 0 Å². The number of pyridine rings is 1. The number of nitrogen functional groups attached to an aromatic ring is 1. The Morgan fingerprint density at radius 1 is 1.29 bits per heavy atom. The van der Waals surface area contributed by atoms with Crippen molar-refractivity contribution in [3.8, 4) is 0 Å². The number of aromatic nitrogens is 1. The van der Waals surface area contributed by atoms with Crippen LogP contribution in [0.4, 0.5) is 17.3 Å². The van der Waals surface area contributed by atoms with Crippen molar-refractivity contribution in [3.05, 3.63) is 22.2 Å². The fraction of sp³-hybridized carbons (Fsp3) is 0.571. The van der Waals surface area contributed by atoms with E-state index >= 15 is 0 Å². The number of nitrogens with zero attached hydrogens (tertiary/aromatic N) is 4. The van der Waals surface area contributed by atoms with Gasteiger partial charge in [-0.3, -0.25) is 14.9 Å². The third-order valence-electron chi connectivity index (χ3n) is 4.07. The van der Waals surface area contributed by atoms with Gasteiger partial charge in [0.05, 0.1) is 31.3 Å². The largest absolute Gasteiger partial charge is 0.378 e. The molecule has 10 nitrogen and oxygen atoms in total. The lowest BCUT2D eigenvalue weighted by atomic mass is 10.2. The maximum Gasteiger partial charge on any atom is 0.311 e. The molecule has 10 heteroatoms. The van der Waals surface area contributed by atoms with Gasteiger partial charge in [-0.2, -0.15) is 0 Å². The van der Waals surface area contributed by atoms with Gasteiger partial charge in [0.25, 0.3) is 5.91 Å². The van der Waals surface area contributed by atoms with Crippen molar-refractivity contribution in [1.82, 2.24) is 9.88 Å². The van der Waals surface area contributed by atoms with Crippen LogP contribution in [0.1, 0.15) is 0 Å². The van der Waals surface area contributed by atoms with Gasteiger partial charge in [0.15, 0.2) is 6.10 Å². The van der Waals surface area contributed by atoms with Crippen LogP contribution in [0, 0.1) is 10.1 Å². The summed E-state index contributed by atoms with van der Waals surface area (Å²) in [6.07, 6.45) is -0.588. The van der Waals surface area contributed by atoms with E-state index in [2.05, 4.69) is 4.98 Å². The molecule has 1 aromatic rings. The van der Waals surface area contributed by atoms with Crippen LogP contribution in [0.25, 0.3) is 0 Å². The molecule has 0 saturated carbocycles. The number of rotatable bonds is 3. The molecule has 0 spiro atoms. The third-order valence-corrected chi connectivity index (χ3v) is 4.07. The molecule has 0 radical (unpaired) electrons. The molecular weight excluding hydrogens is 318 g/mol. The van der Waals surface area contributed by atoms with Crippen LogP contribution in [0.3, 0.4) is 0 Å². The van der Waals surface area contributed by atoms with Gasteiger partial charge in [-0.05, 0) is 6.07 Å². The van der Waals surface area contributed by atoms with Crippen molar-refractivity contribution in [1.29, 1.82) is 0 Å². The average Bonchev–Trinajstić information content (AvgIpc) is 2.61. The van der Waals surface area contributed by atoms with E-state index in [4.69, 9.17) is 15.2 Å². The van der Waals surface area contributed by atoms with Crippen LogP contribution >= 0.6 is 0 Å². The van der Waals surface area contributed by atoms with Gasteiger partial charge < -0.3 is 25.0 Å². The summed E-state index contributed by atoms with van der Waals surface area (Å²) < 4.78 is 10.8. The summed E-state index contributed by atoms with van der Waals surface area (Å²) in [7, 11) is 0. The molecule has 2 aliphatic rings. The molecule has 1 atom stereocenters. The predicted octanol–water partition coefficient (Wildman–Crippen LogP) is -0.364. The van der Waals surface area contributed by atoms with Crippen LogP contribution < -0.4 is 10.6 Å². The van der Waals surface area contributed by atoms with E-state index in [1.54, 1.807) is 4.90 Å². The zero-order valence-electron chi connectivity index (χ0n) is 13.1. The molecule has 3 heterocycles. The Labute approximate surface area is 138 Å². The number of ether oxygens (including phenoxy) is 2. The van der Waals surface area contributed by atoms with E-state index < -0.39 is 11.0 Å². The average molecular weight is 337 g/mol. The molecule has 130 valence electrons. The van der Waals surface area contributed by atoms with Crippen LogP contribution in [0.2, 0.25) is 0 Å². The Kier molecular flexibility index (Phi) is 4.76. The number of hydrogen-bond donors (Lipinski definition) is 1. The molecule has 2 N–H and O–H groups in total. The molecule has 2 aliphatic heterocycles. The Morgan fingerprint density at radius 3 is 2.71 bits per heavy atom. The summed E-state index contributed by atoms with van der Waals surface area (Å²) >= 11 is 0. The van der Waals surface area contributed by atoms with Crippen LogP contribution in [0.15, 0.2) is 12.1 Å². The van der Waals surface area contributed by atoms with Gasteiger partial charge in [-0.25, -0.2) is 4.98 Å². The first kappa shape index (κ1) is 16.4. The topological polar surface area (TPSA) is 124 Å². The number of nitro groups is 1. The monoisotopic (exact) mass is 337 g/mol. The van der Waals surface area contributed by atoms with Gasteiger partial charge in [-0.15, -0.1) is 0 Å². The second-order valence-corrected chi connectivity index (χ2v) is 5.57. The summed E-state index contributed by atoms with van der Waals surface area (Å²) in [4.78, 5) is 30.4. The molecule has 1 amide bonds. The summed E-state index contributed by atoms with van der Waals surface area (Å²) in [6, 6.07) is 2.86. The molecular formula is C14H19N5O5. The van der Waals surface area contributed by atoms with Gasteiger partial charge in [0.2, 0.25) is 5.82 Å². The minimum atomic E-state index is -0.588. The van der Waals surface area contributed by atoms with Gasteiger partial charge in [-0.1, -0.05) is 0 Å². The number of amides is 1. The smallest absolute Gasteiger partial charge is 0.311 e. The van der Waals surface area contributed by atoms with Crippen LogP contribution in [0.5, 0.6) is 0 Å². The van der Waals surface area contributed by atoms with Crippen molar-refractivity contribution in [2.45, 2.75) is 6.10 Å². The molecule has 24 heavy (non-hydrogen) atoms. The molecule has 0 unspecified atom stereocenters. The predicted molar refractivity (Wildman–Crippen MR) is 84.7 cm³/mol. The Morgan fingerprint density at radius 2 is 2.04 bits per heavy atom. The fourth-order valence-corrected chi connectivity index (χ4v) is 2.78. The number of carbonyl (C=O) groups excluding carboxylic acids is 1. The minimum absolute atomic E-state index is 0.0714. The van der Waals surface area contributed by atoms with Crippen LogP contribution in [-0.4, -0.2) is 72.8 Å². The second kappa shape index (κ2) is 6.97. The summed E-state index contributed by atoms with van der Waals surface area (Å²) in [6.45, 7) is 3.42. The number of nitrogens with two attached hydrogens (primary N) is 1. The maximum atomic E-state index is 12.5. The van der Waals surface area contributed by atoms with Crippen molar-refractivity contribution in [2.75, 3.05) is 56.6 Å². The summed E-state index contributed by atoms with van der Waals surface area (Å²) in [5.41, 5.74) is 5.41. The molecule has 1 aromatic heterocycles. The lowest BCUT2D eigenvalue weighted by Crippen LogP contribution is -2.53.